The third kappa shape index (κ3) is 2.89. The van der Waals surface area contributed by atoms with E-state index in [1.165, 1.54) is 15.8 Å². The first-order valence-corrected chi connectivity index (χ1v) is 7.96. The summed E-state index contributed by atoms with van der Waals surface area (Å²) in [6, 6.07) is 4.67. The van der Waals surface area contributed by atoms with Gasteiger partial charge in [0.2, 0.25) is 5.91 Å². The van der Waals surface area contributed by atoms with Crippen LogP contribution in [0.5, 0.6) is 0 Å². The Labute approximate surface area is 138 Å². The van der Waals surface area contributed by atoms with Crippen LogP contribution in [0.15, 0.2) is 29.3 Å². The Hall–Kier alpha value is -2.70. The topological polar surface area (TPSA) is 92.5 Å². The first kappa shape index (κ1) is 16.2. The van der Waals surface area contributed by atoms with Gasteiger partial charge in [-0.05, 0) is 31.4 Å². The van der Waals surface area contributed by atoms with Gasteiger partial charge < -0.3 is 10.0 Å². The van der Waals surface area contributed by atoms with Gasteiger partial charge in [0, 0.05) is 19.5 Å². The Morgan fingerprint density at radius 1 is 1.38 bits per heavy atom. The second-order valence-electron chi connectivity index (χ2n) is 6.05. The highest BCUT2D eigenvalue weighted by Crippen LogP contribution is 2.18. The molecule has 1 aromatic heterocycles. The number of nitrogens with zero attached hydrogens (tertiary/aromatic N) is 3. The Balaban J connectivity index is 1.76. The molecule has 24 heavy (non-hydrogen) atoms. The predicted octanol–water partition coefficient (Wildman–Crippen LogP) is 1.17. The number of amides is 1. The normalized spacial score (nSPS) is 17.4. The minimum atomic E-state index is -0.971. The molecule has 0 spiro atoms. The standard InChI is InChI=1S/C17H19N3O4/c1-11-4-2-5-12-15(11)18-10-19(16(12)22)9-7-14(21)20-8-3-6-13(20)17(23)24/h2,4-5,10,13H,3,6-9H2,1H3,(H,23,24). The number of carboxylic acid groups (broad SMARTS) is 1. The SMILES string of the molecule is Cc1cccc2c(=O)n(CCC(=O)N3CCCC3C(=O)O)cnc12. The maximum atomic E-state index is 12.5. The zero-order valence-corrected chi connectivity index (χ0v) is 13.4. The molecule has 1 saturated heterocycles. The summed E-state index contributed by atoms with van der Waals surface area (Å²) in [6.45, 7) is 2.54. The van der Waals surface area contributed by atoms with Crippen LogP contribution in [0.3, 0.4) is 0 Å². The van der Waals surface area contributed by atoms with Crippen LogP contribution in [0.4, 0.5) is 0 Å². The van der Waals surface area contributed by atoms with Crippen LogP contribution in [0.1, 0.15) is 24.8 Å². The van der Waals surface area contributed by atoms with Gasteiger partial charge in [0.1, 0.15) is 6.04 Å². The summed E-state index contributed by atoms with van der Waals surface area (Å²) in [7, 11) is 0. The fourth-order valence-electron chi connectivity index (χ4n) is 3.18. The fourth-order valence-corrected chi connectivity index (χ4v) is 3.18. The molecule has 0 radical (unpaired) electrons. The van der Waals surface area contributed by atoms with Crippen molar-refractivity contribution in [2.45, 2.75) is 38.8 Å². The number of carbonyl (C=O) groups excluding carboxylic acids is 1. The Kier molecular flexibility index (Phi) is 4.33. The molecule has 2 heterocycles. The van der Waals surface area contributed by atoms with E-state index in [4.69, 9.17) is 5.11 Å². The van der Waals surface area contributed by atoms with Gasteiger partial charge in [-0.1, -0.05) is 12.1 Å². The van der Waals surface area contributed by atoms with Crippen molar-refractivity contribution in [3.05, 3.63) is 40.4 Å². The molecule has 1 fully saturated rings. The van der Waals surface area contributed by atoms with E-state index in [0.717, 1.165) is 5.56 Å². The molecule has 1 aliphatic rings. The Bertz CT molecular complexity index is 859. The Morgan fingerprint density at radius 3 is 2.92 bits per heavy atom. The molecule has 2 aromatic rings. The molecular weight excluding hydrogens is 310 g/mol. The van der Waals surface area contributed by atoms with Gasteiger partial charge in [0.05, 0.1) is 17.2 Å². The number of likely N-dealkylation sites (tertiary alicyclic amines) is 1. The second-order valence-corrected chi connectivity index (χ2v) is 6.05. The summed E-state index contributed by atoms with van der Waals surface area (Å²) in [4.78, 5) is 41.6. The molecule has 3 rings (SSSR count). The van der Waals surface area contributed by atoms with Gasteiger partial charge in [-0.15, -0.1) is 0 Å². The number of hydrogen-bond acceptors (Lipinski definition) is 4. The summed E-state index contributed by atoms with van der Waals surface area (Å²) in [6.07, 6.45) is 2.71. The monoisotopic (exact) mass is 329 g/mol. The number of aromatic nitrogens is 2. The highest BCUT2D eigenvalue weighted by atomic mass is 16.4. The zero-order chi connectivity index (χ0) is 17.3. The number of para-hydroxylation sites is 1. The van der Waals surface area contributed by atoms with Crippen molar-refractivity contribution >= 4 is 22.8 Å². The van der Waals surface area contributed by atoms with Crippen molar-refractivity contribution in [3.8, 4) is 0 Å². The Morgan fingerprint density at radius 2 is 2.17 bits per heavy atom. The minimum absolute atomic E-state index is 0.0860. The largest absolute Gasteiger partial charge is 0.480 e. The highest BCUT2D eigenvalue weighted by Gasteiger charge is 2.33. The molecule has 1 aromatic carbocycles. The maximum Gasteiger partial charge on any atom is 0.326 e. The van der Waals surface area contributed by atoms with E-state index in [0.29, 0.717) is 30.3 Å². The van der Waals surface area contributed by atoms with Crippen LogP contribution in [0.2, 0.25) is 0 Å². The molecule has 1 N–H and O–H groups in total. The summed E-state index contributed by atoms with van der Waals surface area (Å²) in [5.74, 6) is -1.21. The third-order valence-corrected chi connectivity index (χ3v) is 4.48. The van der Waals surface area contributed by atoms with Gasteiger partial charge in [0.15, 0.2) is 0 Å². The van der Waals surface area contributed by atoms with Crippen LogP contribution >= 0.6 is 0 Å². The smallest absolute Gasteiger partial charge is 0.326 e. The fraction of sp³-hybridized carbons (Fsp3) is 0.412. The van der Waals surface area contributed by atoms with Crippen molar-refractivity contribution in [2.75, 3.05) is 6.54 Å². The summed E-state index contributed by atoms with van der Waals surface area (Å²) in [5.41, 5.74) is 1.40. The molecule has 1 amide bonds. The number of benzene rings is 1. The lowest BCUT2D eigenvalue weighted by molar-refractivity contribution is -0.148. The number of fused-ring (bicyclic) bond motifs is 1. The van der Waals surface area contributed by atoms with E-state index >= 15 is 0 Å². The molecule has 1 unspecified atom stereocenters. The summed E-state index contributed by atoms with van der Waals surface area (Å²) < 4.78 is 1.41. The van der Waals surface area contributed by atoms with E-state index < -0.39 is 12.0 Å². The molecule has 7 heteroatoms. The van der Waals surface area contributed by atoms with Crippen molar-refractivity contribution < 1.29 is 14.7 Å². The lowest BCUT2D eigenvalue weighted by Crippen LogP contribution is -2.41. The first-order chi connectivity index (χ1) is 11.5. The van der Waals surface area contributed by atoms with Gasteiger partial charge in [0.25, 0.3) is 5.56 Å². The van der Waals surface area contributed by atoms with E-state index in [9.17, 15) is 14.4 Å². The van der Waals surface area contributed by atoms with Gasteiger partial charge in [-0.2, -0.15) is 0 Å². The van der Waals surface area contributed by atoms with E-state index in [2.05, 4.69) is 4.98 Å². The average molecular weight is 329 g/mol. The molecule has 1 atom stereocenters. The van der Waals surface area contributed by atoms with Gasteiger partial charge in [-0.3, -0.25) is 14.2 Å². The number of rotatable bonds is 4. The quantitative estimate of drug-likeness (QED) is 0.909. The molecule has 0 saturated carbocycles. The zero-order valence-electron chi connectivity index (χ0n) is 13.4. The van der Waals surface area contributed by atoms with Crippen LogP contribution in [-0.2, 0) is 16.1 Å². The van der Waals surface area contributed by atoms with Gasteiger partial charge in [-0.25, -0.2) is 9.78 Å². The number of carboxylic acids is 1. The first-order valence-electron chi connectivity index (χ1n) is 7.96. The lowest BCUT2D eigenvalue weighted by Gasteiger charge is -2.21. The van der Waals surface area contributed by atoms with E-state index in [1.807, 2.05) is 13.0 Å². The summed E-state index contributed by atoms with van der Waals surface area (Å²) in [5, 5.41) is 9.67. The molecule has 0 bridgehead atoms. The van der Waals surface area contributed by atoms with Gasteiger partial charge >= 0.3 is 5.97 Å². The number of carbonyl (C=O) groups is 2. The predicted molar refractivity (Wildman–Crippen MR) is 87.7 cm³/mol. The van der Waals surface area contributed by atoms with Crippen molar-refractivity contribution in [1.82, 2.24) is 14.5 Å². The van der Waals surface area contributed by atoms with Crippen LogP contribution in [0, 0.1) is 6.92 Å². The van der Waals surface area contributed by atoms with Crippen LogP contribution in [0.25, 0.3) is 10.9 Å². The highest BCUT2D eigenvalue weighted by molar-refractivity contribution is 5.84. The number of aryl methyl sites for hydroxylation is 2. The second kappa shape index (κ2) is 6.43. The molecule has 0 aliphatic carbocycles. The minimum Gasteiger partial charge on any atom is -0.480 e. The third-order valence-electron chi connectivity index (χ3n) is 4.48. The van der Waals surface area contributed by atoms with Crippen molar-refractivity contribution in [2.24, 2.45) is 0 Å². The van der Waals surface area contributed by atoms with Crippen molar-refractivity contribution in [1.29, 1.82) is 0 Å². The number of aliphatic carboxylic acids is 1. The number of hydrogen-bond donors (Lipinski definition) is 1. The van der Waals surface area contributed by atoms with Crippen LogP contribution < -0.4 is 5.56 Å². The maximum absolute atomic E-state index is 12.5. The molecule has 7 nitrogen and oxygen atoms in total. The van der Waals surface area contributed by atoms with E-state index in [-0.39, 0.29) is 24.4 Å². The summed E-state index contributed by atoms with van der Waals surface area (Å²) >= 11 is 0. The van der Waals surface area contributed by atoms with Crippen LogP contribution in [-0.4, -0.2) is 44.0 Å². The van der Waals surface area contributed by atoms with E-state index in [1.54, 1.807) is 12.1 Å². The van der Waals surface area contributed by atoms with Crippen molar-refractivity contribution in [3.63, 3.8) is 0 Å². The molecule has 126 valence electrons. The molecule has 1 aliphatic heterocycles. The average Bonchev–Trinajstić information content (AvgIpc) is 3.05. The molecular formula is C17H19N3O4. The lowest BCUT2D eigenvalue weighted by atomic mass is 10.1.